The zero-order chi connectivity index (χ0) is 92.2. The first-order valence-electron chi connectivity index (χ1n) is 38.3. The molecule has 10 aromatic carbocycles. The summed E-state index contributed by atoms with van der Waals surface area (Å²) in [5, 5.41) is 34.3. The molecule has 0 amide bonds. The zero-order valence-corrected chi connectivity index (χ0v) is 72.3. The van der Waals surface area contributed by atoms with Crippen LogP contribution in [0.2, 0.25) is 0 Å². The van der Waals surface area contributed by atoms with Gasteiger partial charge in [0.1, 0.15) is 19.2 Å². The van der Waals surface area contributed by atoms with Gasteiger partial charge in [0.05, 0.1) is 96.4 Å². The molecule has 128 heavy (non-hydrogen) atoms. The maximum Gasteiger partial charge on any atom is 0.301 e. The second-order valence-electron chi connectivity index (χ2n) is 26.2. The number of carbonyl (C=O) groups is 5. The van der Waals surface area contributed by atoms with Gasteiger partial charge < -0.3 is 41.4 Å². The van der Waals surface area contributed by atoms with Crippen molar-refractivity contribution in [2.45, 2.75) is 25.9 Å². The molecule has 643 valence electrons. The maximum absolute atomic E-state index is 10.5. The van der Waals surface area contributed by atoms with Gasteiger partial charge in [-0.2, -0.15) is 13.2 Å². The summed E-state index contributed by atoms with van der Waals surface area (Å²) in [5.74, 6) is -5.46. The largest absolute Gasteiger partial charge is 0.301 e. The molecule has 0 spiro atoms. The number of hydrogen-bond acceptors (Lipinski definition) is 11. The topological polar surface area (TPSA) is 328 Å². The summed E-state index contributed by atoms with van der Waals surface area (Å²) in [6.45, 7) is 29.3. The molecule has 8 heterocycles. The average Bonchev–Trinajstić information content (AvgIpc) is 1.25. The second kappa shape index (κ2) is 53.3. The van der Waals surface area contributed by atoms with E-state index in [0.717, 1.165) is 109 Å². The van der Waals surface area contributed by atoms with E-state index in [4.69, 9.17) is 57.5 Å². The van der Waals surface area contributed by atoms with Crippen LogP contribution in [0.5, 0.6) is 0 Å². The SMILES string of the molecule is C1=CC2=C(c3ccccc3)c3ccc4[n]3[Al-][n]3c(ccc3=C(c3ccccc3)C3=NC(=C4c4ccccc4)C=C3)=C(c3ccccc3)C1=N2.C1CO1.C=CC(=O)O.CC(=O)OCCC(=O)O.O=C([O-])C(F)(F)F.O=C1CCO1.[C-]#[O+].[C-]#[O+].[C-]#[O+].[C-]#[O+].[C-]#[O+].[Co].c1ccc(P(=[N+]=P(c2ccccc2)(c2ccccc2)c2ccccc2)(c2ccccc2)c2ccccc2)cc1. The van der Waals surface area contributed by atoms with Crippen molar-refractivity contribution < 1.29 is 107 Å². The molecule has 3 radical (unpaired) electrons. The van der Waals surface area contributed by atoms with Gasteiger partial charge in [0, 0.05) is 52.1 Å². The number of fused-ring (bicyclic) bond motifs is 2. The molecule has 0 atom stereocenters. The number of carbonyl (C=O) groups excluding carboxylic acids is 3. The van der Waals surface area contributed by atoms with Crippen molar-refractivity contribution in [3.63, 3.8) is 0 Å². The molecule has 0 unspecified atom stereocenters. The Morgan fingerprint density at radius 1 is 0.469 bits per heavy atom. The number of aliphatic carboxylic acids is 3. The standard InChI is InChI=1S/C44H28N4.C36H30NP2.C5H8O4.2C3H4O2.C2HF3O2.C2H4O.5CO.Al.Co/c1-5-13-29(14-6-1)41-33-21-23-35(45-33)42(30-15-7-2-8-16-30)37-25-27-39(47-37)44(32-19-11-4-12-20-32)40-28-26-38(48-40)43(31-17-9-3-10-18-31)36-24-22-34(41)46-36;1-7-19-31(20-8-1)38(32-21-9-2-10-22-32,33-23-11-3-12-24-33)37-39(34-25-13-4-14-26-34,35-27-15-5-16-28-35)36-29-17-6-18-30-36;1-4(6)9-3-2-5(7)8;4-3-1-2-5-3;1-2-3(4)5;3-2(4,5)1(6)7;1-2-3-1;5*1-2;;/h1-28H;1-30H;2-3H2,1H3,(H,7,8);1-2H2;2H,1H2,(H,4,5);(H,6,7);1-2H2;;;;;;;/q-2;+1;;;;;;;;;;;+1;/p-1. The van der Waals surface area contributed by atoms with E-state index in [1.807, 2.05) is 0 Å². The molecule has 6 aliphatic rings. The Balaban J connectivity index is 0.000000282. The smallest absolute Gasteiger partial charge is 0.148 e. The van der Waals surface area contributed by atoms with Gasteiger partial charge in [-0.15, -0.1) is 4.17 Å². The molecule has 0 aliphatic carbocycles. The minimum atomic E-state index is -5.19. The number of aliphatic imine (C=N–C) groups is 2. The van der Waals surface area contributed by atoms with Crippen molar-refractivity contribution >= 4 is 125 Å². The number of esters is 2. The molecular formula is C100H78AlCoF3N5O16P2-. The fourth-order valence-corrected chi connectivity index (χ4v) is 24.3. The fourth-order valence-electron chi connectivity index (χ4n) is 13.2. The Kier molecular flexibility index (Phi) is 42.8. The number of carboxylic acids is 3. The first-order valence-corrected chi connectivity index (χ1v) is 42.8. The van der Waals surface area contributed by atoms with Gasteiger partial charge >= 0.3 is 101 Å². The Bertz CT molecular complexity index is 5750. The van der Waals surface area contributed by atoms with E-state index >= 15 is 0 Å². The maximum atomic E-state index is 10.5. The Morgan fingerprint density at radius 2 is 0.719 bits per heavy atom. The minimum Gasteiger partial charge on any atom is -0.148 e. The molecule has 6 bridgehead atoms. The summed E-state index contributed by atoms with van der Waals surface area (Å²) >= 11 is -0.533. The van der Waals surface area contributed by atoms with Crippen LogP contribution in [-0.2, 0) is 78.2 Å². The van der Waals surface area contributed by atoms with E-state index in [9.17, 15) is 32.3 Å². The van der Waals surface area contributed by atoms with E-state index in [-0.39, 0.29) is 35.8 Å². The number of epoxide rings is 1. The first kappa shape index (κ1) is 103. The number of cyclic esters (lactones) is 1. The van der Waals surface area contributed by atoms with Crippen LogP contribution in [0.4, 0.5) is 13.2 Å². The van der Waals surface area contributed by atoms with Crippen LogP contribution in [0.25, 0.3) is 22.3 Å². The predicted octanol–water partition coefficient (Wildman–Crippen LogP) is 12.9. The van der Waals surface area contributed by atoms with Crippen LogP contribution < -0.4 is 51.8 Å². The summed E-state index contributed by atoms with van der Waals surface area (Å²) in [6, 6.07) is 118. The fraction of sp³-hybridized carbons (Fsp3) is 0.0800. The Morgan fingerprint density at radius 3 is 0.930 bits per heavy atom. The number of nitrogens with zero attached hydrogens (tertiary/aromatic N) is 5. The third-order valence-electron chi connectivity index (χ3n) is 18.5. The molecule has 21 nitrogen and oxygen atoms in total. The number of allylic oxidation sites excluding steroid dienone is 4. The van der Waals surface area contributed by atoms with Gasteiger partial charge in [0.2, 0.25) is 0 Å². The molecule has 2 aromatic heterocycles. The first-order chi connectivity index (χ1) is 61.9. The van der Waals surface area contributed by atoms with Crippen molar-refractivity contribution in [3.05, 3.63) is 454 Å². The zero-order valence-electron chi connectivity index (χ0n) is 68.3. The van der Waals surface area contributed by atoms with Crippen LogP contribution in [0.15, 0.2) is 386 Å². The van der Waals surface area contributed by atoms with E-state index in [1.54, 1.807) is 0 Å². The molecule has 12 aromatic rings. The van der Waals surface area contributed by atoms with Crippen LogP contribution >= 0.6 is 14.1 Å². The van der Waals surface area contributed by atoms with Crippen molar-refractivity contribution in [3.8, 4) is 0 Å². The van der Waals surface area contributed by atoms with Crippen LogP contribution in [-0.4, -0.2) is 107 Å². The van der Waals surface area contributed by atoms with Gasteiger partial charge in [0.15, 0.2) is 0 Å². The molecule has 2 fully saturated rings. The molecule has 28 heteroatoms. The van der Waals surface area contributed by atoms with Crippen molar-refractivity contribution in [2.75, 3.05) is 26.4 Å². The van der Waals surface area contributed by atoms with E-state index in [1.165, 1.54) is 38.8 Å². The number of carboxylic acid groups (broad SMARTS) is 3. The molecule has 6 aliphatic heterocycles. The van der Waals surface area contributed by atoms with Crippen molar-refractivity contribution in [1.29, 1.82) is 0 Å². The summed E-state index contributed by atoms with van der Waals surface area (Å²) in [4.78, 5) is 58.4. The van der Waals surface area contributed by atoms with Gasteiger partial charge in [-0.05, 0) is 166 Å². The monoisotopic (exact) mass is 1810 g/mol. The number of alkyl halides is 3. The number of halogens is 3. The molecule has 18 rings (SSSR count). The number of hydrogen-bond donors (Lipinski definition) is 2. The van der Waals surface area contributed by atoms with Crippen LogP contribution in [0.1, 0.15) is 53.4 Å². The predicted molar refractivity (Wildman–Crippen MR) is 477 cm³/mol. The second-order valence-corrected chi connectivity index (χ2v) is 33.8. The van der Waals surface area contributed by atoms with Gasteiger partial charge in [0.25, 0.3) is 0 Å². The quantitative estimate of drug-likeness (QED) is 0.0151. The molecule has 2 saturated heterocycles. The summed E-state index contributed by atoms with van der Waals surface area (Å²) in [6.07, 6.45) is 4.91. The van der Waals surface area contributed by atoms with Gasteiger partial charge in [-0.3, -0.25) is 14.4 Å². The Labute approximate surface area is 754 Å². The molecule has 0 saturated carbocycles. The summed E-state index contributed by atoms with van der Waals surface area (Å²) in [7, 11) is -4.99. The summed E-state index contributed by atoms with van der Waals surface area (Å²) in [5.41, 5.74) is 15.3. The number of benzene rings is 10. The van der Waals surface area contributed by atoms with Gasteiger partial charge in [-0.25, -0.2) is 14.8 Å². The van der Waals surface area contributed by atoms with Crippen LogP contribution in [0.3, 0.4) is 0 Å². The molecule has 2 N–H and O–H groups in total. The summed E-state index contributed by atoms with van der Waals surface area (Å²) < 4.78 is 93.7. The minimum absolute atomic E-state index is 0. The number of rotatable bonds is 14. The average molecular weight is 1810 g/mol. The molecular weight excluding hydrogens is 1730 g/mol. The third-order valence-corrected chi connectivity index (χ3v) is 28.5. The van der Waals surface area contributed by atoms with Crippen molar-refractivity contribution in [1.82, 2.24) is 11.3 Å². The normalized spacial score (nSPS) is 12.5. The number of ether oxygens (including phenoxy) is 3. The third kappa shape index (κ3) is 27.2. The Hall–Kier alpha value is -14.1. The van der Waals surface area contributed by atoms with E-state index in [0.29, 0.717) is 13.0 Å². The number of aromatic nitrogens is 2. The van der Waals surface area contributed by atoms with E-state index < -0.39 is 59.8 Å². The van der Waals surface area contributed by atoms with Crippen LogP contribution in [0, 0.1) is 33.3 Å². The van der Waals surface area contributed by atoms with Crippen molar-refractivity contribution in [2.24, 2.45) is 9.98 Å². The van der Waals surface area contributed by atoms with E-state index in [2.05, 4.69) is 413 Å². The van der Waals surface area contributed by atoms with Gasteiger partial charge in [-0.1, -0.05) is 237 Å².